The number of halogens is 2. The largest absolute Gasteiger partial charge is 0.496 e. The number of amides is 2. The first kappa shape index (κ1) is 22.7. The number of carbonyl (C=O) groups excluding carboxylic acids is 2. The molecule has 160 valence electrons. The van der Waals surface area contributed by atoms with E-state index in [9.17, 15) is 9.59 Å². The second-order valence-electron chi connectivity index (χ2n) is 6.61. The summed E-state index contributed by atoms with van der Waals surface area (Å²) >= 11 is 9.50. The molecule has 3 aromatic rings. The SMILES string of the molecule is COc1cc(NC(=O)c2cc(Br)cc(C)c2OC)ccc1NC(=O)c1ccccc1Cl. The summed E-state index contributed by atoms with van der Waals surface area (Å²) in [5, 5.41) is 5.95. The highest BCUT2D eigenvalue weighted by Gasteiger charge is 2.17. The molecule has 3 aromatic carbocycles. The lowest BCUT2D eigenvalue weighted by molar-refractivity contribution is 0.101. The fourth-order valence-electron chi connectivity index (χ4n) is 3.08. The molecule has 0 saturated carbocycles. The molecular weight excluding hydrogens is 484 g/mol. The molecule has 0 saturated heterocycles. The molecule has 0 bridgehead atoms. The van der Waals surface area contributed by atoms with Gasteiger partial charge < -0.3 is 20.1 Å². The van der Waals surface area contributed by atoms with E-state index in [0.717, 1.165) is 10.0 Å². The van der Waals surface area contributed by atoms with Gasteiger partial charge in [-0.05, 0) is 48.9 Å². The number of aryl methyl sites for hydroxylation is 1. The van der Waals surface area contributed by atoms with Crippen LogP contribution in [0.15, 0.2) is 59.1 Å². The van der Waals surface area contributed by atoms with Crippen molar-refractivity contribution in [3.05, 3.63) is 80.8 Å². The van der Waals surface area contributed by atoms with Crippen LogP contribution in [0.3, 0.4) is 0 Å². The normalized spacial score (nSPS) is 10.4. The predicted octanol–water partition coefficient (Wildman–Crippen LogP) is 5.93. The standard InChI is InChI=1S/C23H20BrClN2O4/c1-13-10-14(24)11-17(21(13)31-3)23(29)26-15-8-9-19(20(12-15)30-2)27-22(28)16-6-4-5-7-18(16)25/h4-12H,1-3H3,(H,26,29)(H,27,28). The zero-order chi connectivity index (χ0) is 22.5. The van der Waals surface area contributed by atoms with E-state index in [1.807, 2.05) is 13.0 Å². The minimum Gasteiger partial charge on any atom is -0.496 e. The van der Waals surface area contributed by atoms with Gasteiger partial charge in [-0.3, -0.25) is 9.59 Å². The van der Waals surface area contributed by atoms with Crippen LogP contribution in [0.1, 0.15) is 26.3 Å². The van der Waals surface area contributed by atoms with E-state index in [-0.39, 0.29) is 11.8 Å². The first-order valence-corrected chi connectivity index (χ1v) is 10.4. The maximum Gasteiger partial charge on any atom is 0.259 e. The molecular formula is C23H20BrClN2O4. The van der Waals surface area contributed by atoms with Crippen molar-refractivity contribution < 1.29 is 19.1 Å². The molecule has 3 rings (SSSR count). The zero-order valence-corrected chi connectivity index (χ0v) is 19.4. The highest BCUT2D eigenvalue weighted by molar-refractivity contribution is 9.10. The van der Waals surface area contributed by atoms with Gasteiger partial charge in [-0.2, -0.15) is 0 Å². The zero-order valence-electron chi connectivity index (χ0n) is 17.1. The molecule has 31 heavy (non-hydrogen) atoms. The summed E-state index contributed by atoms with van der Waals surface area (Å²) in [5.41, 5.74) is 2.51. The van der Waals surface area contributed by atoms with Crippen molar-refractivity contribution in [3.8, 4) is 11.5 Å². The van der Waals surface area contributed by atoms with Gasteiger partial charge in [0.05, 0.1) is 36.1 Å². The van der Waals surface area contributed by atoms with E-state index in [0.29, 0.717) is 39.0 Å². The molecule has 0 fully saturated rings. The quantitative estimate of drug-likeness (QED) is 0.437. The number of ether oxygens (including phenoxy) is 2. The highest BCUT2D eigenvalue weighted by Crippen LogP contribution is 2.31. The Morgan fingerprint density at radius 1 is 0.903 bits per heavy atom. The van der Waals surface area contributed by atoms with Crippen LogP contribution in [-0.2, 0) is 0 Å². The summed E-state index contributed by atoms with van der Waals surface area (Å²) in [4.78, 5) is 25.4. The van der Waals surface area contributed by atoms with Crippen molar-refractivity contribution >= 4 is 50.7 Å². The average molecular weight is 504 g/mol. The lowest BCUT2D eigenvalue weighted by atomic mass is 10.1. The predicted molar refractivity (Wildman–Crippen MR) is 126 cm³/mol. The van der Waals surface area contributed by atoms with Gasteiger partial charge in [-0.15, -0.1) is 0 Å². The van der Waals surface area contributed by atoms with E-state index in [1.54, 1.807) is 48.5 Å². The summed E-state index contributed by atoms with van der Waals surface area (Å²) in [6.45, 7) is 1.86. The van der Waals surface area contributed by atoms with Gasteiger partial charge in [0.1, 0.15) is 11.5 Å². The Hall–Kier alpha value is -3.03. The van der Waals surface area contributed by atoms with Crippen molar-refractivity contribution in [2.24, 2.45) is 0 Å². The first-order valence-electron chi connectivity index (χ1n) is 9.23. The van der Waals surface area contributed by atoms with Crippen LogP contribution >= 0.6 is 27.5 Å². The number of carbonyl (C=O) groups is 2. The third-order valence-electron chi connectivity index (χ3n) is 4.51. The topological polar surface area (TPSA) is 76.7 Å². The van der Waals surface area contributed by atoms with Gasteiger partial charge >= 0.3 is 0 Å². The fourth-order valence-corrected chi connectivity index (χ4v) is 3.87. The molecule has 0 aliphatic heterocycles. The van der Waals surface area contributed by atoms with Crippen molar-refractivity contribution in [3.63, 3.8) is 0 Å². The molecule has 0 aliphatic carbocycles. The summed E-state index contributed by atoms with van der Waals surface area (Å²) in [5.74, 6) is 0.179. The number of benzene rings is 3. The number of methoxy groups -OCH3 is 2. The molecule has 0 aliphatic rings. The van der Waals surface area contributed by atoms with E-state index in [1.165, 1.54) is 14.2 Å². The van der Waals surface area contributed by atoms with Crippen LogP contribution in [-0.4, -0.2) is 26.0 Å². The molecule has 8 heteroatoms. The second kappa shape index (κ2) is 9.85. The summed E-state index contributed by atoms with van der Waals surface area (Å²) in [7, 11) is 3.00. The van der Waals surface area contributed by atoms with E-state index >= 15 is 0 Å². The Morgan fingerprint density at radius 2 is 1.61 bits per heavy atom. The van der Waals surface area contributed by atoms with Gasteiger partial charge in [0.15, 0.2) is 0 Å². The van der Waals surface area contributed by atoms with Crippen LogP contribution in [0.2, 0.25) is 5.02 Å². The van der Waals surface area contributed by atoms with Crippen LogP contribution in [0, 0.1) is 6.92 Å². The maximum atomic E-state index is 12.8. The monoisotopic (exact) mass is 502 g/mol. The minimum atomic E-state index is -0.366. The van der Waals surface area contributed by atoms with Crippen molar-refractivity contribution in [1.82, 2.24) is 0 Å². The maximum absolute atomic E-state index is 12.8. The van der Waals surface area contributed by atoms with E-state index in [2.05, 4.69) is 26.6 Å². The smallest absolute Gasteiger partial charge is 0.259 e. The van der Waals surface area contributed by atoms with Gasteiger partial charge in [-0.1, -0.05) is 39.7 Å². The molecule has 0 unspecified atom stereocenters. The molecule has 2 amide bonds. The lowest BCUT2D eigenvalue weighted by Gasteiger charge is -2.15. The molecule has 0 radical (unpaired) electrons. The van der Waals surface area contributed by atoms with E-state index < -0.39 is 0 Å². The van der Waals surface area contributed by atoms with E-state index in [4.69, 9.17) is 21.1 Å². The molecule has 0 atom stereocenters. The molecule has 0 spiro atoms. The van der Waals surface area contributed by atoms with Crippen molar-refractivity contribution in [2.75, 3.05) is 24.9 Å². The number of rotatable bonds is 6. The summed E-state index contributed by atoms with van der Waals surface area (Å²) in [6, 6.07) is 15.2. The Balaban J connectivity index is 1.83. The third kappa shape index (κ3) is 5.18. The lowest BCUT2D eigenvalue weighted by Crippen LogP contribution is -2.15. The third-order valence-corrected chi connectivity index (χ3v) is 5.30. The number of hydrogen-bond acceptors (Lipinski definition) is 4. The van der Waals surface area contributed by atoms with Crippen molar-refractivity contribution in [1.29, 1.82) is 0 Å². The van der Waals surface area contributed by atoms with Crippen molar-refractivity contribution in [2.45, 2.75) is 6.92 Å². The Labute approximate surface area is 193 Å². The summed E-state index contributed by atoms with van der Waals surface area (Å²) in [6.07, 6.45) is 0. The molecule has 2 N–H and O–H groups in total. The Kier molecular flexibility index (Phi) is 7.20. The van der Waals surface area contributed by atoms with Crippen LogP contribution in [0.4, 0.5) is 11.4 Å². The summed E-state index contributed by atoms with van der Waals surface area (Å²) < 4.78 is 11.5. The van der Waals surface area contributed by atoms with Gasteiger partial charge in [0.25, 0.3) is 11.8 Å². The number of hydrogen-bond donors (Lipinski definition) is 2. The van der Waals surface area contributed by atoms with Crippen LogP contribution < -0.4 is 20.1 Å². The molecule has 0 aromatic heterocycles. The Bertz CT molecular complexity index is 1150. The van der Waals surface area contributed by atoms with Crippen LogP contribution in [0.25, 0.3) is 0 Å². The average Bonchev–Trinajstić information content (AvgIpc) is 2.74. The molecule has 6 nitrogen and oxygen atoms in total. The van der Waals surface area contributed by atoms with Gasteiger partial charge in [0.2, 0.25) is 0 Å². The number of nitrogens with one attached hydrogen (secondary N) is 2. The second-order valence-corrected chi connectivity index (χ2v) is 7.93. The Morgan fingerprint density at radius 3 is 2.29 bits per heavy atom. The fraction of sp³-hybridized carbons (Fsp3) is 0.130. The van der Waals surface area contributed by atoms with Crippen LogP contribution in [0.5, 0.6) is 11.5 Å². The minimum absolute atomic E-state index is 0.337. The highest BCUT2D eigenvalue weighted by atomic mass is 79.9. The number of anilines is 2. The van der Waals surface area contributed by atoms with Gasteiger partial charge in [0, 0.05) is 16.2 Å². The molecule has 0 heterocycles. The van der Waals surface area contributed by atoms with Gasteiger partial charge in [-0.25, -0.2) is 0 Å². The first-order chi connectivity index (χ1) is 14.8.